The number of aromatic nitrogens is 2. The Kier molecular flexibility index (Phi) is 3.08. The number of amides is 1. The van der Waals surface area contributed by atoms with Crippen molar-refractivity contribution in [2.45, 2.75) is 25.4 Å². The number of hydrogen-bond acceptors (Lipinski definition) is 4. The molecule has 0 fully saturated rings. The minimum atomic E-state index is -0.406. The maximum Gasteiger partial charge on any atom is 0.250 e. The highest BCUT2D eigenvalue weighted by Gasteiger charge is 2.22. The monoisotopic (exact) mass is 259 g/mol. The molecule has 0 spiro atoms. The van der Waals surface area contributed by atoms with Crippen molar-refractivity contribution in [2.75, 3.05) is 6.54 Å². The van der Waals surface area contributed by atoms with E-state index < -0.39 is 5.91 Å². The van der Waals surface area contributed by atoms with Gasteiger partial charge in [-0.1, -0.05) is 12.2 Å². The molecule has 19 heavy (non-hydrogen) atoms. The van der Waals surface area contributed by atoms with Gasteiger partial charge in [-0.2, -0.15) is 0 Å². The van der Waals surface area contributed by atoms with Crippen LogP contribution in [0.4, 0.5) is 0 Å². The molecule has 1 aromatic rings. The van der Waals surface area contributed by atoms with Gasteiger partial charge < -0.3 is 15.3 Å². The molecule has 1 amide bonds. The molecule has 6 nitrogen and oxygen atoms in total. The normalized spacial score (nSPS) is 22.0. The molecule has 1 aromatic heterocycles. The molecule has 0 saturated carbocycles. The Morgan fingerprint density at radius 2 is 2.42 bits per heavy atom. The smallest absolute Gasteiger partial charge is 0.250 e. The molecule has 3 heterocycles. The van der Waals surface area contributed by atoms with Crippen LogP contribution in [-0.2, 0) is 11.3 Å². The van der Waals surface area contributed by atoms with Crippen molar-refractivity contribution < 1.29 is 4.79 Å². The number of nitrogens with zero attached hydrogens (tertiary/aromatic N) is 3. The standard InChI is InChI=1S/C13H17N5O/c14-13(19)10-3-1-6-18(8-10)16-11-4-2-5-17-9-15-7-12(11)17/h1,3,7-9,11,16H,2,4-6H2,(H2,14,19)/t11-/m1/s1. The van der Waals surface area contributed by atoms with Crippen LogP contribution in [-0.4, -0.2) is 27.0 Å². The highest BCUT2D eigenvalue weighted by atomic mass is 16.1. The zero-order valence-electron chi connectivity index (χ0n) is 10.6. The summed E-state index contributed by atoms with van der Waals surface area (Å²) in [4.78, 5) is 15.4. The summed E-state index contributed by atoms with van der Waals surface area (Å²) in [5.41, 5.74) is 10.4. The lowest BCUT2D eigenvalue weighted by molar-refractivity contribution is -0.114. The van der Waals surface area contributed by atoms with E-state index in [2.05, 4.69) is 15.0 Å². The molecule has 0 unspecified atom stereocenters. The summed E-state index contributed by atoms with van der Waals surface area (Å²) in [6.45, 7) is 1.75. The Hall–Kier alpha value is -2.08. The van der Waals surface area contributed by atoms with Crippen LogP contribution in [0.2, 0.25) is 0 Å². The van der Waals surface area contributed by atoms with Crippen LogP contribution < -0.4 is 11.2 Å². The SMILES string of the molecule is NC(=O)C1=CN(N[C@@H]2CCCn3cncc32)CC=C1. The van der Waals surface area contributed by atoms with E-state index in [9.17, 15) is 4.79 Å². The topological polar surface area (TPSA) is 76.2 Å². The Morgan fingerprint density at radius 3 is 3.26 bits per heavy atom. The predicted molar refractivity (Wildman–Crippen MR) is 70.5 cm³/mol. The van der Waals surface area contributed by atoms with Crippen molar-refractivity contribution >= 4 is 5.91 Å². The molecule has 100 valence electrons. The van der Waals surface area contributed by atoms with E-state index in [0.29, 0.717) is 5.57 Å². The summed E-state index contributed by atoms with van der Waals surface area (Å²) in [6.07, 6.45) is 11.4. The summed E-state index contributed by atoms with van der Waals surface area (Å²) < 4.78 is 2.17. The van der Waals surface area contributed by atoms with E-state index in [1.54, 1.807) is 12.3 Å². The van der Waals surface area contributed by atoms with E-state index in [-0.39, 0.29) is 6.04 Å². The van der Waals surface area contributed by atoms with Crippen LogP contribution in [0.3, 0.4) is 0 Å². The molecule has 2 aliphatic heterocycles. The molecule has 0 saturated heterocycles. The fourth-order valence-corrected chi connectivity index (χ4v) is 2.55. The minimum absolute atomic E-state index is 0.230. The molecule has 0 bridgehead atoms. The largest absolute Gasteiger partial charge is 0.366 e. The van der Waals surface area contributed by atoms with Gasteiger partial charge in [0.15, 0.2) is 0 Å². The molecular weight excluding hydrogens is 242 g/mol. The molecule has 1 atom stereocenters. The minimum Gasteiger partial charge on any atom is -0.366 e. The number of aryl methyl sites for hydroxylation is 1. The van der Waals surface area contributed by atoms with Crippen molar-refractivity contribution in [3.63, 3.8) is 0 Å². The first-order valence-electron chi connectivity index (χ1n) is 6.45. The summed E-state index contributed by atoms with van der Waals surface area (Å²) in [6, 6.07) is 0.230. The predicted octanol–water partition coefficient (Wildman–Crippen LogP) is 0.464. The first kappa shape index (κ1) is 12.0. The second-order valence-corrected chi connectivity index (χ2v) is 4.84. The molecule has 3 rings (SSSR count). The van der Waals surface area contributed by atoms with Crippen molar-refractivity contribution in [2.24, 2.45) is 5.73 Å². The zero-order valence-corrected chi connectivity index (χ0v) is 10.6. The number of nitrogens with one attached hydrogen (secondary N) is 1. The summed E-state index contributed by atoms with van der Waals surface area (Å²) in [7, 11) is 0. The van der Waals surface area contributed by atoms with E-state index in [1.165, 1.54) is 5.69 Å². The third-order valence-corrected chi connectivity index (χ3v) is 3.49. The number of imidazole rings is 1. The quantitative estimate of drug-likeness (QED) is 0.827. The molecule has 6 heteroatoms. The maximum absolute atomic E-state index is 11.2. The van der Waals surface area contributed by atoms with Gasteiger partial charge in [0, 0.05) is 18.9 Å². The van der Waals surface area contributed by atoms with Crippen molar-refractivity contribution in [3.05, 3.63) is 42.1 Å². The highest BCUT2D eigenvalue weighted by Crippen LogP contribution is 2.25. The number of rotatable bonds is 3. The Bertz CT molecular complexity index is 545. The first-order valence-corrected chi connectivity index (χ1v) is 6.45. The number of carbonyl (C=O) groups is 1. The van der Waals surface area contributed by atoms with E-state index in [0.717, 1.165) is 25.9 Å². The van der Waals surface area contributed by atoms with E-state index in [4.69, 9.17) is 5.73 Å². The lowest BCUT2D eigenvalue weighted by Gasteiger charge is -2.31. The van der Waals surface area contributed by atoms with Gasteiger partial charge in [0.25, 0.3) is 0 Å². The van der Waals surface area contributed by atoms with Crippen LogP contribution in [0.5, 0.6) is 0 Å². The third kappa shape index (κ3) is 2.39. The van der Waals surface area contributed by atoms with E-state index >= 15 is 0 Å². The number of fused-ring (bicyclic) bond motifs is 1. The summed E-state index contributed by atoms with van der Waals surface area (Å²) in [5, 5.41) is 1.91. The van der Waals surface area contributed by atoms with Gasteiger partial charge in [-0.3, -0.25) is 4.79 Å². The molecule has 3 N–H and O–H groups in total. The lowest BCUT2D eigenvalue weighted by atomic mass is 10.1. The molecule has 0 radical (unpaired) electrons. The fraction of sp³-hybridized carbons (Fsp3) is 0.385. The van der Waals surface area contributed by atoms with Gasteiger partial charge in [-0.15, -0.1) is 0 Å². The van der Waals surface area contributed by atoms with Crippen LogP contribution >= 0.6 is 0 Å². The fourth-order valence-electron chi connectivity index (χ4n) is 2.55. The average molecular weight is 259 g/mol. The van der Waals surface area contributed by atoms with Gasteiger partial charge in [0.05, 0.1) is 30.2 Å². The lowest BCUT2D eigenvalue weighted by Crippen LogP contribution is -2.40. The second kappa shape index (κ2) is 4.89. The number of nitrogens with two attached hydrogens (primary N) is 1. The Labute approximate surface area is 111 Å². The van der Waals surface area contributed by atoms with Gasteiger partial charge in [0.1, 0.15) is 0 Å². The second-order valence-electron chi connectivity index (χ2n) is 4.84. The van der Waals surface area contributed by atoms with Gasteiger partial charge >= 0.3 is 0 Å². The summed E-state index contributed by atoms with van der Waals surface area (Å²) >= 11 is 0. The zero-order chi connectivity index (χ0) is 13.2. The van der Waals surface area contributed by atoms with Crippen molar-refractivity contribution in [1.29, 1.82) is 0 Å². The first-order chi connectivity index (χ1) is 9.24. The molecule has 0 aromatic carbocycles. The number of primary amides is 1. The van der Waals surface area contributed by atoms with Crippen LogP contribution in [0.15, 0.2) is 36.4 Å². The van der Waals surface area contributed by atoms with Gasteiger partial charge in [-0.25, -0.2) is 10.4 Å². The Balaban J connectivity index is 1.74. The van der Waals surface area contributed by atoms with Crippen LogP contribution in [0, 0.1) is 0 Å². The van der Waals surface area contributed by atoms with Crippen molar-refractivity contribution in [1.82, 2.24) is 20.0 Å². The number of hydrazine groups is 1. The van der Waals surface area contributed by atoms with Crippen LogP contribution in [0.25, 0.3) is 0 Å². The van der Waals surface area contributed by atoms with Crippen LogP contribution in [0.1, 0.15) is 24.6 Å². The maximum atomic E-state index is 11.2. The molecule has 0 aliphatic carbocycles. The van der Waals surface area contributed by atoms with Gasteiger partial charge in [-0.05, 0) is 12.8 Å². The molecular formula is C13H17N5O. The summed E-state index contributed by atoms with van der Waals surface area (Å²) in [5.74, 6) is -0.406. The third-order valence-electron chi connectivity index (χ3n) is 3.49. The van der Waals surface area contributed by atoms with Gasteiger partial charge in [0.2, 0.25) is 5.91 Å². The average Bonchev–Trinajstić information content (AvgIpc) is 2.88. The van der Waals surface area contributed by atoms with Crippen molar-refractivity contribution in [3.8, 4) is 0 Å². The Morgan fingerprint density at radius 1 is 1.53 bits per heavy atom. The highest BCUT2D eigenvalue weighted by molar-refractivity contribution is 5.94. The number of carbonyl (C=O) groups excluding carboxylic acids is 1. The number of hydrogen-bond donors (Lipinski definition) is 2. The van der Waals surface area contributed by atoms with E-state index in [1.807, 2.05) is 23.6 Å². The molecule has 2 aliphatic rings.